The first kappa shape index (κ1) is 14.4. The van der Waals surface area contributed by atoms with E-state index in [-0.39, 0.29) is 5.54 Å². The summed E-state index contributed by atoms with van der Waals surface area (Å²) < 4.78 is 0. The van der Waals surface area contributed by atoms with Crippen LogP contribution in [0.1, 0.15) is 51.9 Å². The van der Waals surface area contributed by atoms with Crippen molar-refractivity contribution in [3.63, 3.8) is 0 Å². The number of nitrogens with zero attached hydrogens (tertiary/aromatic N) is 4. The minimum atomic E-state index is 0.200. The third-order valence-electron chi connectivity index (χ3n) is 4.85. The summed E-state index contributed by atoms with van der Waals surface area (Å²) in [5.74, 6) is 2.18. The lowest BCUT2D eigenvalue weighted by atomic mass is 9.75. The molecule has 1 saturated carbocycles. The molecular formula is C15H26N6. The minimum Gasteiger partial charge on any atom is -0.357 e. The third kappa shape index (κ3) is 3.04. The highest BCUT2D eigenvalue weighted by Gasteiger charge is 2.36. The molecule has 2 aliphatic rings. The van der Waals surface area contributed by atoms with Gasteiger partial charge >= 0.3 is 0 Å². The van der Waals surface area contributed by atoms with E-state index in [0.717, 1.165) is 31.4 Å². The van der Waals surface area contributed by atoms with Gasteiger partial charge in [0, 0.05) is 25.7 Å². The summed E-state index contributed by atoms with van der Waals surface area (Å²) in [6, 6.07) is 0. The zero-order valence-electron chi connectivity index (χ0n) is 13.2. The lowest BCUT2D eigenvalue weighted by Gasteiger charge is -2.42. The molecule has 0 unspecified atom stereocenters. The first-order valence-electron chi connectivity index (χ1n) is 8.22. The van der Waals surface area contributed by atoms with Crippen LogP contribution in [0.5, 0.6) is 0 Å². The van der Waals surface area contributed by atoms with Gasteiger partial charge in [0.15, 0.2) is 0 Å². The molecular weight excluding hydrogens is 264 g/mol. The Morgan fingerprint density at radius 2 is 1.71 bits per heavy atom. The number of hydrogen-bond donors (Lipinski definition) is 2. The molecule has 0 aromatic carbocycles. The van der Waals surface area contributed by atoms with Crippen molar-refractivity contribution in [3.05, 3.63) is 0 Å². The van der Waals surface area contributed by atoms with Crippen molar-refractivity contribution in [3.8, 4) is 0 Å². The summed E-state index contributed by atoms with van der Waals surface area (Å²) >= 11 is 0. The highest BCUT2D eigenvalue weighted by Crippen LogP contribution is 2.37. The van der Waals surface area contributed by atoms with Gasteiger partial charge in [-0.05, 0) is 44.9 Å². The van der Waals surface area contributed by atoms with Crippen molar-refractivity contribution < 1.29 is 0 Å². The quantitative estimate of drug-likeness (QED) is 0.869. The van der Waals surface area contributed by atoms with Gasteiger partial charge in [-0.1, -0.05) is 6.92 Å². The maximum Gasteiger partial charge on any atom is 0.231 e. The molecule has 0 atom stereocenters. The van der Waals surface area contributed by atoms with Crippen molar-refractivity contribution in [2.24, 2.45) is 0 Å². The molecule has 1 aromatic heterocycles. The zero-order chi connectivity index (χ0) is 14.7. The van der Waals surface area contributed by atoms with Crippen molar-refractivity contribution in [1.82, 2.24) is 15.0 Å². The van der Waals surface area contributed by atoms with Crippen molar-refractivity contribution >= 4 is 17.8 Å². The minimum absolute atomic E-state index is 0.200. The Kier molecular flexibility index (Phi) is 4.12. The molecule has 116 valence electrons. The van der Waals surface area contributed by atoms with Gasteiger partial charge < -0.3 is 15.5 Å². The van der Waals surface area contributed by atoms with E-state index in [1.165, 1.54) is 38.5 Å². The first-order valence-corrected chi connectivity index (χ1v) is 8.22. The standard InChI is InChI=1S/C15H26N6/c1-3-15(8-7-9-15)20-13-17-12(16-2)18-14(19-13)21-10-5-4-6-11-21/h3-11H2,1-2H3,(H2,16,17,18,19,20). The van der Waals surface area contributed by atoms with Crippen LogP contribution in [-0.2, 0) is 0 Å². The third-order valence-corrected chi connectivity index (χ3v) is 4.85. The highest BCUT2D eigenvalue weighted by molar-refractivity contribution is 5.45. The topological polar surface area (TPSA) is 66.0 Å². The van der Waals surface area contributed by atoms with E-state index in [1.54, 1.807) is 0 Å². The monoisotopic (exact) mass is 290 g/mol. The van der Waals surface area contributed by atoms with E-state index in [9.17, 15) is 0 Å². The van der Waals surface area contributed by atoms with Crippen LogP contribution in [0.25, 0.3) is 0 Å². The van der Waals surface area contributed by atoms with E-state index in [1.807, 2.05) is 7.05 Å². The fraction of sp³-hybridized carbons (Fsp3) is 0.800. The summed E-state index contributed by atoms with van der Waals surface area (Å²) in [7, 11) is 1.86. The predicted octanol–water partition coefficient (Wildman–Crippen LogP) is 2.65. The molecule has 0 radical (unpaired) electrons. The number of anilines is 3. The van der Waals surface area contributed by atoms with Crippen LogP contribution in [-0.4, -0.2) is 40.6 Å². The summed E-state index contributed by atoms with van der Waals surface area (Å²) in [5, 5.41) is 6.62. The van der Waals surface area contributed by atoms with Gasteiger partial charge in [0.1, 0.15) is 0 Å². The maximum absolute atomic E-state index is 4.67. The van der Waals surface area contributed by atoms with E-state index < -0.39 is 0 Å². The van der Waals surface area contributed by atoms with E-state index in [4.69, 9.17) is 0 Å². The van der Waals surface area contributed by atoms with Crippen LogP contribution in [0.15, 0.2) is 0 Å². The Morgan fingerprint density at radius 1 is 1.00 bits per heavy atom. The second-order valence-corrected chi connectivity index (χ2v) is 6.19. The van der Waals surface area contributed by atoms with Gasteiger partial charge in [0.25, 0.3) is 0 Å². The Balaban J connectivity index is 1.82. The molecule has 6 heteroatoms. The van der Waals surface area contributed by atoms with Crippen LogP contribution >= 0.6 is 0 Å². The molecule has 0 spiro atoms. The SMILES string of the molecule is CCC1(Nc2nc(NC)nc(N3CCCCC3)n2)CCC1. The van der Waals surface area contributed by atoms with Crippen molar-refractivity contribution in [2.45, 2.75) is 57.4 Å². The van der Waals surface area contributed by atoms with Crippen molar-refractivity contribution in [2.75, 3.05) is 35.7 Å². The maximum atomic E-state index is 4.67. The van der Waals surface area contributed by atoms with E-state index in [0.29, 0.717) is 5.95 Å². The molecule has 6 nitrogen and oxygen atoms in total. The smallest absolute Gasteiger partial charge is 0.231 e. The normalized spacial score (nSPS) is 20.8. The molecule has 2 heterocycles. The van der Waals surface area contributed by atoms with Crippen molar-refractivity contribution in [1.29, 1.82) is 0 Å². The lowest BCUT2D eigenvalue weighted by molar-refractivity contribution is 0.268. The second kappa shape index (κ2) is 6.03. The van der Waals surface area contributed by atoms with Crippen LogP contribution in [0.4, 0.5) is 17.8 Å². The number of aromatic nitrogens is 3. The average Bonchev–Trinajstić information content (AvgIpc) is 2.51. The molecule has 2 fully saturated rings. The summed E-state index contributed by atoms with van der Waals surface area (Å²) in [6.45, 7) is 4.33. The van der Waals surface area contributed by atoms with Gasteiger partial charge in [-0.2, -0.15) is 15.0 Å². The molecule has 0 amide bonds. The number of hydrogen-bond acceptors (Lipinski definition) is 6. The predicted molar refractivity (Wildman–Crippen MR) is 85.9 cm³/mol. The number of nitrogens with one attached hydrogen (secondary N) is 2. The molecule has 1 aromatic rings. The Labute approximate surface area is 126 Å². The van der Waals surface area contributed by atoms with Gasteiger partial charge in [-0.25, -0.2) is 0 Å². The zero-order valence-corrected chi connectivity index (χ0v) is 13.2. The van der Waals surface area contributed by atoms with E-state index >= 15 is 0 Å². The van der Waals surface area contributed by atoms with E-state index in [2.05, 4.69) is 37.4 Å². The van der Waals surface area contributed by atoms with Crippen LogP contribution in [0.3, 0.4) is 0 Å². The molecule has 3 rings (SSSR count). The number of piperidine rings is 1. The molecule has 0 bridgehead atoms. The largest absolute Gasteiger partial charge is 0.357 e. The lowest BCUT2D eigenvalue weighted by Crippen LogP contribution is -2.45. The molecule has 21 heavy (non-hydrogen) atoms. The molecule has 1 saturated heterocycles. The summed E-state index contributed by atoms with van der Waals surface area (Å²) in [6.07, 6.45) is 8.59. The first-order chi connectivity index (χ1) is 10.2. The molecule has 1 aliphatic heterocycles. The van der Waals surface area contributed by atoms with Gasteiger partial charge in [0.2, 0.25) is 17.8 Å². The number of rotatable bonds is 5. The Morgan fingerprint density at radius 3 is 2.29 bits per heavy atom. The fourth-order valence-corrected chi connectivity index (χ4v) is 3.18. The highest BCUT2D eigenvalue weighted by atomic mass is 15.3. The van der Waals surface area contributed by atoms with Crippen LogP contribution < -0.4 is 15.5 Å². The van der Waals surface area contributed by atoms with Crippen LogP contribution in [0.2, 0.25) is 0 Å². The second-order valence-electron chi connectivity index (χ2n) is 6.19. The Bertz CT molecular complexity index is 474. The fourth-order valence-electron chi connectivity index (χ4n) is 3.18. The summed E-state index contributed by atoms with van der Waals surface area (Å²) in [5.41, 5.74) is 0.200. The van der Waals surface area contributed by atoms with Crippen LogP contribution in [0, 0.1) is 0 Å². The Hall–Kier alpha value is -1.59. The van der Waals surface area contributed by atoms with Gasteiger partial charge in [-0.3, -0.25) is 0 Å². The summed E-state index contributed by atoms with van der Waals surface area (Å²) in [4.78, 5) is 16.0. The molecule has 2 N–H and O–H groups in total. The average molecular weight is 290 g/mol. The van der Waals surface area contributed by atoms with Gasteiger partial charge in [0.05, 0.1) is 0 Å². The molecule has 1 aliphatic carbocycles. The van der Waals surface area contributed by atoms with Gasteiger partial charge in [-0.15, -0.1) is 0 Å².